The summed E-state index contributed by atoms with van der Waals surface area (Å²) in [4.78, 5) is 0. The first-order valence-electron chi connectivity index (χ1n) is 6.07. The van der Waals surface area contributed by atoms with Gasteiger partial charge in [0.25, 0.3) is 0 Å². The second kappa shape index (κ2) is 4.46. The maximum absolute atomic E-state index is 6.22. The number of hydrogen-bond donors (Lipinski definition) is 1. The van der Waals surface area contributed by atoms with Crippen molar-refractivity contribution in [2.45, 2.75) is 38.6 Å². The molecule has 0 saturated heterocycles. The number of rotatable bonds is 4. The molecule has 88 valence electrons. The van der Waals surface area contributed by atoms with Crippen molar-refractivity contribution < 1.29 is 4.74 Å². The molecule has 1 unspecified atom stereocenters. The molecule has 0 spiro atoms. The van der Waals surface area contributed by atoms with E-state index in [0.717, 1.165) is 5.75 Å². The van der Waals surface area contributed by atoms with Gasteiger partial charge in [0.05, 0.1) is 7.11 Å². The first-order chi connectivity index (χ1) is 7.63. The Morgan fingerprint density at radius 3 is 2.50 bits per heavy atom. The Morgan fingerprint density at radius 2 is 2.00 bits per heavy atom. The molecule has 0 heterocycles. The van der Waals surface area contributed by atoms with Crippen molar-refractivity contribution in [1.82, 2.24) is 0 Å². The molecule has 1 fully saturated rings. The Balaban J connectivity index is 2.30. The van der Waals surface area contributed by atoms with Gasteiger partial charge in [0.15, 0.2) is 0 Å². The number of benzene rings is 1. The van der Waals surface area contributed by atoms with Gasteiger partial charge in [0.2, 0.25) is 0 Å². The topological polar surface area (TPSA) is 35.2 Å². The lowest BCUT2D eigenvalue weighted by Gasteiger charge is -2.17. The minimum Gasteiger partial charge on any atom is -0.496 e. The first-order valence-corrected chi connectivity index (χ1v) is 6.07. The molecule has 16 heavy (non-hydrogen) atoms. The van der Waals surface area contributed by atoms with Crippen LogP contribution in [0.1, 0.15) is 49.8 Å². The summed E-state index contributed by atoms with van der Waals surface area (Å²) in [7, 11) is 1.72. The molecule has 1 aromatic rings. The fourth-order valence-electron chi connectivity index (χ4n) is 2.14. The molecule has 2 N–H and O–H groups in total. The highest BCUT2D eigenvalue weighted by molar-refractivity contribution is 5.40. The molecule has 2 rings (SSSR count). The fourth-order valence-corrected chi connectivity index (χ4v) is 2.14. The first kappa shape index (κ1) is 11.5. The van der Waals surface area contributed by atoms with E-state index in [1.165, 1.54) is 24.0 Å². The fraction of sp³-hybridized carbons (Fsp3) is 0.571. The molecule has 2 heteroatoms. The molecule has 1 saturated carbocycles. The second-order valence-corrected chi connectivity index (χ2v) is 5.02. The summed E-state index contributed by atoms with van der Waals surface area (Å²) in [5.41, 5.74) is 8.74. The minimum absolute atomic E-state index is 0.211. The van der Waals surface area contributed by atoms with Crippen molar-refractivity contribution in [2.24, 2.45) is 11.7 Å². The average Bonchev–Trinajstić information content (AvgIpc) is 3.11. The highest BCUT2D eigenvalue weighted by atomic mass is 16.5. The number of ether oxygens (including phenoxy) is 1. The monoisotopic (exact) mass is 219 g/mol. The lowest BCUT2D eigenvalue weighted by atomic mass is 9.95. The molecule has 0 aliphatic heterocycles. The van der Waals surface area contributed by atoms with Crippen molar-refractivity contribution >= 4 is 0 Å². The van der Waals surface area contributed by atoms with E-state index in [1.807, 2.05) is 6.07 Å². The van der Waals surface area contributed by atoms with E-state index in [1.54, 1.807) is 7.11 Å². The van der Waals surface area contributed by atoms with Crippen molar-refractivity contribution in [2.75, 3.05) is 7.11 Å². The van der Waals surface area contributed by atoms with Gasteiger partial charge in [-0.15, -0.1) is 0 Å². The summed E-state index contributed by atoms with van der Waals surface area (Å²) >= 11 is 0. The Hall–Kier alpha value is -1.02. The Kier molecular flexibility index (Phi) is 3.20. The smallest absolute Gasteiger partial charge is 0.122 e. The Morgan fingerprint density at radius 1 is 1.31 bits per heavy atom. The third-order valence-corrected chi connectivity index (χ3v) is 3.39. The Bertz CT molecular complexity index is 369. The van der Waals surface area contributed by atoms with Crippen LogP contribution in [-0.4, -0.2) is 7.11 Å². The van der Waals surface area contributed by atoms with Gasteiger partial charge in [-0.05, 0) is 41.9 Å². The van der Waals surface area contributed by atoms with E-state index in [-0.39, 0.29) is 6.04 Å². The van der Waals surface area contributed by atoms with Crippen LogP contribution in [0.15, 0.2) is 18.2 Å². The third kappa shape index (κ3) is 2.22. The summed E-state index contributed by atoms with van der Waals surface area (Å²) in [5.74, 6) is 2.15. The standard InChI is InChI=1S/C14H21NO/c1-9(2)12-8-11(6-7-13(12)16-3)14(15)10-4-5-10/h6-10,14H,4-5,15H2,1-3H3. The van der Waals surface area contributed by atoms with E-state index < -0.39 is 0 Å². The van der Waals surface area contributed by atoms with E-state index in [4.69, 9.17) is 10.5 Å². The van der Waals surface area contributed by atoms with Crippen LogP contribution in [-0.2, 0) is 0 Å². The van der Waals surface area contributed by atoms with Crippen LogP contribution in [0.25, 0.3) is 0 Å². The summed E-state index contributed by atoms with van der Waals surface area (Å²) in [5, 5.41) is 0. The van der Waals surface area contributed by atoms with Gasteiger partial charge in [0, 0.05) is 6.04 Å². The molecule has 0 aromatic heterocycles. The predicted octanol–water partition coefficient (Wildman–Crippen LogP) is 3.23. The highest BCUT2D eigenvalue weighted by Gasteiger charge is 2.29. The van der Waals surface area contributed by atoms with Crippen molar-refractivity contribution in [3.8, 4) is 5.75 Å². The lowest BCUT2D eigenvalue weighted by molar-refractivity contribution is 0.407. The zero-order chi connectivity index (χ0) is 11.7. The van der Waals surface area contributed by atoms with Gasteiger partial charge in [-0.25, -0.2) is 0 Å². The molecule has 0 bridgehead atoms. The van der Waals surface area contributed by atoms with Crippen LogP contribution in [0.4, 0.5) is 0 Å². The van der Waals surface area contributed by atoms with Crippen molar-refractivity contribution in [3.05, 3.63) is 29.3 Å². The molecule has 2 nitrogen and oxygen atoms in total. The second-order valence-electron chi connectivity index (χ2n) is 5.02. The van der Waals surface area contributed by atoms with Gasteiger partial charge in [-0.3, -0.25) is 0 Å². The molecule has 1 aliphatic rings. The molecular weight excluding hydrogens is 198 g/mol. The lowest BCUT2D eigenvalue weighted by Crippen LogP contribution is -2.13. The summed E-state index contributed by atoms with van der Waals surface area (Å²) in [6.45, 7) is 4.37. The zero-order valence-corrected chi connectivity index (χ0v) is 10.4. The van der Waals surface area contributed by atoms with Crippen LogP contribution in [0.3, 0.4) is 0 Å². The van der Waals surface area contributed by atoms with Crippen molar-refractivity contribution in [1.29, 1.82) is 0 Å². The molecule has 1 atom stereocenters. The van der Waals surface area contributed by atoms with Crippen LogP contribution in [0.5, 0.6) is 5.75 Å². The summed E-state index contributed by atoms with van der Waals surface area (Å²) < 4.78 is 5.38. The van der Waals surface area contributed by atoms with E-state index in [0.29, 0.717) is 11.8 Å². The third-order valence-electron chi connectivity index (χ3n) is 3.39. The molecule has 0 amide bonds. The summed E-state index contributed by atoms with van der Waals surface area (Å²) in [6.07, 6.45) is 2.56. The van der Waals surface area contributed by atoms with Crippen LogP contribution in [0, 0.1) is 5.92 Å². The molecule has 1 aliphatic carbocycles. The van der Waals surface area contributed by atoms with Crippen LogP contribution >= 0.6 is 0 Å². The van der Waals surface area contributed by atoms with E-state index in [9.17, 15) is 0 Å². The zero-order valence-electron chi connectivity index (χ0n) is 10.4. The maximum Gasteiger partial charge on any atom is 0.122 e. The number of methoxy groups -OCH3 is 1. The molecule has 0 radical (unpaired) electrons. The number of nitrogens with two attached hydrogens (primary N) is 1. The van der Waals surface area contributed by atoms with Crippen LogP contribution in [0.2, 0.25) is 0 Å². The quantitative estimate of drug-likeness (QED) is 0.843. The average molecular weight is 219 g/mol. The predicted molar refractivity (Wildman–Crippen MR) is 66.7 cm³/mol. The SMILES string of the molecule is COc1ccc(C(N)C2CC2)cc1C(C)C. The van der Waals surface area contributed by atoms with Gasteiger partial charge in [-0.1, -0.05) is 26.0 Å². The number of hydrogen-bond acceptors (Lipinski definition) is 2. The van der Waals surface area contributed by atoms with Gasteiger partial charge in [0.1, 0.15) is 5.75 Å². The van der Waals surface area contributed by atoms with Gasteiger partial charge < -0.3 is 10.5 Å². The Labute approximate surface area is 97.8 Å². The highest BCUT2D eigenvalue weighted by Crippen LogP contribution is 2.40. The molecule has 1 aromatic carbocycles. The van der Waals surface area contributed by atoms with E-state index >= 15 is 0 Å². The van der Waals surface area contributed by atoms with Crippen LogP contribution < -0.4 is 10.5 Å². The molecular formula is C14H21NO. The minimum atomic E-state index is 0.211. The largest absolute Gasteiger partial charge is 0.496 e. The normalized spacial score (nSPS) is 17.6. The van der Waals surface area contributed by atoms with Crippen molar-refractivity contribution in [3.63, 3.8) is 0 Å². The maximum atomic E-state index is 6.22. The van der Waals surface area contributed by atoms with Gasteiger partial charge in [-0.2, -0.15) is 0 Å². The summed E-state index contributed by atoms with van der Waals surface area (Å²) in [6, 6.07) is 6.58. The van der Waals surface area contributed by atoms with E-state index in [2.05, 4.69) is 26.0 Å². The van der Waals surface area contributed by atoms with Gasteiger partial charge >= 0.3 is 0 Å².